The standard InChI is InChI=1S/C22H20N4O2/c23-22(12-17(27)13-22)16-8-6-14(7-9-16)19-20(15-4-2-1-3-5-15)26-11-10-18(28)24-21(26)25-19/h1-11,17,27H,12-13,23H2,(H,24,25,28)/t17-,22+. The fourth-order valence-electron chi connectivity index (χ4n) is 3.97. The SMILES string of the molecule is N[C@]1(c2ccc(-c3nc4nc(O)ccn4c3-c3ccccc3)cc2)C[C@H](O)C1. The lowest BCUT2D eigenvalue weighted by molar-refractivity contribution is 0.0209. The van der Waals surface area contributed by atoms with Crippen LogP contribution in [0.1, 0.15) is 18.4 Å². The summed E-state index contributed by atoms with van der Waals surface area (Å²) in [5.74, 6) is 0.378. The van der Waals surface area contributed by atoms with Crippen molar-refractivity contribution in [2.75, 3.05) is 0 Å². The van der Waals surface area contributed by atoms with Gasteiger partial charge in [-0.15, -0.1) is 0 Å². The Bertz CT molecular complexity index is 1150. The van der Waals surface area contributed by atoms with E-state index in [1.807, 2.05) is 59.0 Å². The van der Waals surface area contributed by atoms with E-state index in [4.69, 9.17) is 5.73 Å². The minimum Gasteiger partial charge on any atom is -0.493 e. The average molecular weight is 372 g/mol. The van der Waals surface area contributed by atoms with Gasteiger partial charge < -0.3 is 15.9 Å². The first-order valence-electron chi connectivity index (χ1n) is 9.25. The molecule has 4 N–H and O–H groups in total. The molecule has 2 aromatic carbocycles. The number of hydrogen-bond donors (Lipinski definition) is 3. The van der Waals surface area contributed by atoms with E-state index in [2.05, 4.69) is 9.97 Å². The van der Waals surface area contributed by atoms with Gasteiger partial charge in [0.2, 0.25) is 11.7 Å². The topological polar surface area (TPSA) is 96.7 Å². The van der Waals surface area contributed by atoms with E-state index in [-0.39, 0.29) is 12.0 Å². The zero-order chi connectivity index (χ0) is 19.3. The van der Waals surface area contributed by atoms with Crippen molar-refractivity contribution in [1.29, 1.82) is 0 Å². The third-order valence-corrected chi connectivity index (χ3v) is 5.46. The zero-order valence-electron chi connectivity index (χ0n) is 15.2. The number of aliphatic hydroxyl groups is 1. The Balaban J connectivity index is 1.64. The number of nitrogens with two attached hydrogens (primary N) is 1. The first-order chi connectivity index (χ1) is 13.5. The monoisotopic (exact) mass is 372 g/mol. The first-order valence-corrected chi connectivity index (χ1v) is 9.25. The molecule has 2 heterocycles. The summed E-state index contributed by atoms with van der Waals surface area (Å²) in [5.41, 5.74) is 10.6. The maximum Gasteiger partial charge on any atom is 0.238 e. The second-order valence-electron chi connectivity index (χ2n) is 7.43. The van der Waals surface area contributed by atoms with Gasteiger partial charge in [0.05, 0.1) is 17.5 Å². The number of aromatic nitrogens is 3. The van der Waals surface area contributed by atoms with Crippen LogP contribution >= 0.6 is 0 Å². The molecule has 0 saturated heterocycles. The number of hydrogen-bond acceptors (Lipinski definition) is 5. The molecule has 5 rings (SSSR count). The van der Waals surface area contributed by atoms with Gasteiger partial charge in [-0.05, 0) is 18.4 Å². The van der Waals surface area contributed by atoms with Crippen LogP contribution in [0.3, 0.4) is 0 Å². The highest BCUT2D eigenvalue weighted by Crippen LogP contribution is 2.40. The number of benzene rings is 2. The van der Waals surface area contributed by atoms with Crippen molar-refractivity contribution in [3.05, 3.63) is 72.4 Å². The Kier molecular flexibility index (Phi) is 3.72. The molecule has 0 atom stereocenters. The molecule has 4 aromatic rings. The Hall–Kier alpha value is -3.22. The highest BCUT2D eigenvalue weighted by atomic mass is 16.3. The maximum atomic E-state index is 9.75. The maximum absolute atomic E-state index is 9.75. The van der Waals surface area contributed by atoms with Crippen LogP contribution < -0.4 is 5.73 Å². The van der Waals surface area contributed by atoms with Crippen molar-refractivity contribution < 1.29 is 10.2 Å². The van der Waals surface area contributed by atoms with Crippen LogP contribution in [0.4, 0.5) is 0 Å². The summed E-state index contributed by atoms with van der Waals surface area (Å²) in [5, 5.41) is 19.4. The van der Waals surface area contributed by atoms with Crippen molar-refractivity contribution in [3.8, 4) is 28.4 Å². The van der Waals surface area contributed by atoms with Crippen LogP contribution in [-0.2, 0) is 5.54 Å². The molecule has 28 heavy (non-hydrogen) atoms. The van der Waals surface area contributed by atoms with Gasteiger partial charge in [-0.1, -0.05) is 54.6 Å². The molecule has 1 aliphatic rings. The molecule has 1 saturated carbocycles. The molecule has 1 fully saturated rings. The largest absolute Gasteiger partial charge is 0.493 e. The second-order valence-corrected chi connectivity index (χ2v) is 7.43. The molecule has 6 nitrogen and oxygen atoms in total. The number of nitrogens with zero attached hydrogens (tertiary/aromatic N) is 3. The van der Waals surface area contributed by atoms with E-state index >= 15 is 0 Å². The fourth-order valence-corrected chi connectivity index (χ4v) is 3.97. The van der Waals surface area contributed by atoms with Crippen molar-refractivity contribution in [1.82, 2.24) is 14.4 Å². The van der Waals surface area contributed by atoms with Crippen LogP contribution in [0.25, 0.3) is 28.3 Å². The molecule has 2 aromatic heterocycles. The number of imidazole rings is 1. The minimum atomic E-state index is -0.452. The lowest BCUT2D eigenvalue weighted by atomic mass is 9.70. The van der Waals surface area contributed by atoms with E-state index in [1.54, 1.807) is 12.3 Å². The lowest BCUT2D eigenvalue weighted by Crippen LogP contribution is -2.51. The quantitative estimate of drug-likeness (QED) is 0.514. The summed E-state index contributed by atoms with van der Waals surface area (Å²) in [6.07, 6.45) is 2.62. The van der Waals surface area contributed by atoms with E-state index < -0.39 is 5.54 Å². The van der Waals surface area contributed by atoms with Gasteiger partial charge >= 0.3 is 0 Å². The summed E-state index contributed by atoms with van der Waals surface area (Å²) in [6.45, 7) is 0. The van der Waals surface area contributed by atoms with E-state index in [0.717, 1.165) is 28.1 Å². The highest BCUT2D eigenvalue weighted by Gasteiger charge is 2.41. The van der Waals surface area contributed by atoms with Crippen molar-refractivity contribution >= 4 is 5.78 Å². The van der Waals surface area contributed by atoms with Crippen LogP contribution in [-0.4, -0.2) is 30.7 Å². The fraction of sp³-hybridized carbons (Fsp3) is 0.182. The normalized spacial score (nSPS) is 21.6. The molecule has 6 heteroatoms. The summed E-state index contributed by atoms with van der Waals surface area (Å²) >= 11 is 0. The summed E-state index contributed by atoms with van der Waals surface area (Å²) in [7, 11) is 0. The Labute approximate surface area is 161 Å². The van der Waals surface area contributed by atoms with Crippen LogP contribution in [0.15, 0.2) is 66.9 Å². The number of fused-ring (bicyclic) bond motifs is 1. The molecular formula is C22H20N4O2. The number of aromatic hydroxyl groups is 1. The van der Waals surface area contributed by atoms with Gasteiger partial charge in [0.15, 0.2) is 0 Å². The van der Waals surface area contributed by atoms with Crippen molar-refractivity contribution in [3.63, 3.8) is 0 Å². The second kappa shape index (κ2) is 6.15. The summed E-state index contributed by atoms with van der Waals surface area (Å²) in [4.78, 5) is 8.83. The average Bonchev–Trinajstić information content (AvgIpc) is 3.06. The predicted octanol–water partition coefficient (Wildman–Crippen LogP) is 3.08. The molecule has 0 bridgehead atoms. The summed E-state index contributed by atoms with van der Waals surface area (Å²) in [6, 6.07) is 19.6. The summed E-state index contributed by atoms with van der Waals surface area (Å²) < 4.78 is 1.88. The van der Waals surface area contributed by atoms with E-state index in [0.29, 0.717) is 18.6 Å². The molecular weight excluding hydrogens is 352 g/mol. The van der Waals surface area contributed by atoms with Crippen LogP contribution in [0.5, 0.6) is 5.88 Å². The highest BCUT2D eigenvalue weighted by molar-refractivity contribution is 5.81. The Morgan fingerprint density at radius 3 is 2.32 bits per heavy atom. The van der Waals surface area contributed by atoms with E-state index in [1.165, 1.54) is 0 Å². The van der Waals surface area contributed by atoms with E-state index in [9.17, 15) is 10.2 Å². The minimum absolute atomic E-state index is 0.0624. The first kappa shape index (κ1) is 16.9. The molecule has 0 spiro atoms. The van der Waals surface area contributed by atoms with Gasteiger partial charge in [-0.3, -0.25) is 4.40 Å². The predicted molar refractivity (Wildman–Crippen MR) is 107 cm³/mol. The molecule has 0 amide bonds. The zero-order valence-corrected chi connectivity index (χ0v) is 15.2. The lowest BCUT2D eigenvalue weighted by Gasteiger charge is -2.42. The number of rotatable bonds is 3. The van der Waals surface area contributed by atoms with Gasteiger partial charge in [-0.2, -0.15) is 4.98 Å². The Morgan fingerprint density at radius 1 is 0.929 bits per heavy atom. The van der Waals surface area contributed by atoms with Gasteiger partial charge in [0.25, 0.3) is 0 Å². The molecule has 1 aliphatic carbocycles. The van der Waals surface area contributed by atoms with Crippen LogP contribution in [0.2, 0.25) is 0 Å². The van der Waals surface area contributed by atoms with Crippen molar-refractivity contribution in [2.45, 2.75) is 24.5 Å². The molecule has 140 valence electrons. The molecule has 0 radical (unpaired) electrons. The van der Waals surface area contributed by atoms with Gasteiger partial charge in [0, 0.05) is 28.9 Å². The molecule has 0 aliphatic heterocycles. The van der Waals surface area contributed by atoms with Crippen LogP contribution in [0, 0.1) is 0 Å². The Morgan fingerprint density at radius 2 is 1.64 bits per heavy atom. The smallest absolute Gasteiger partial charge is 0.238 e. The van der Waals surface area contributed by atoms with Gasteiger partial charge in [0.1, 0.15) is 0 Å². The van der Waals surface area contributed by atoms with Crippen molar-refractivity contribution in [2.24, 2.45) is 5.73 Å². The third kappa shape index (κ3) is 2.66. The third-order valence-electron chi connectivity index (χ3n) is 5.46. The molecule has 0 unspecified atom stereocenters. The number of aliphatic hydroxyl groups excluding tert-OH is 1. The van der Waals surface area contributed by atoms with Gasteiger partial charge in [-0.25, -0.2) is 4.98 Å².